The van der Waals surface area contributed by atoms with Crippen molar-refractivity contribution in [2.75, 3.05) is 32.3 Å². The molecule has 212 valence electrons. The topological polar surface area (TPSA) is 24.1 Å². The van der Waals surface area contributed by atoms with Crippen LogP contribution in [0.5, 0.6) is 0 Å². The van der Waals surface area contributed by atoms with Gasteiger partial charge in [-0.1, -0.05) is 53.7 Å². The first-order chi connectivity index (χ1) is 17.9. The van der Waals surface area contributed by atoms with Gasteiger partial charge >= 0.3 is 0 Å². The van der Waals surface area contributed by atoms with Crippen molar-refractivity contribution in [2.24, 2.45) is 35.5 Å². The van der Waals surface area contributed by atoms with Gasteiger partial charge in [0.1, 0.15) is 0 Å². The zero-order chi connectivity index (χ0) is 27.1. The van der Waals surface area contributed by atoms with E-state index in [2.05, 4.69) is 82.8 Å². The van der Waals surface area contributed by atoms with Crippen LogP contribution in [0.3, 0.4) is 0 Å². The van der Waals surface area contributed by atoms with Crippen LogP contribution in [0.1, 0.15) is 109 Å². The highest BCUT2D eigenvalue weighted by atomic mass is 31.0. The fourth-order valence-electron chi connectivity index (χ4n) is 10.5. The Bertz CT molecular complexity index is 969. The molecule has 1 aromatic rings. The molecule has 2 N–H and O–H groups in total. The molecule has 4 aliphatic carbocycles. The van der Waals surface area contributed by atoms with Gasteiger partial charge in [0, 0.05) is 5.16 Å². The van der Waals surface area contributed by atoms with E-state index in [0.717, 1.165) is 23.7 Å². The highest BCUT2D eigenvalue weighted by Gasteiger charge is 2.59. The largest absolute Gasteiger partial charge is 0.316 e. The Morgan fingerprint density at radius 2 is 1.32 bits per heavy atom. The summed E-state index contributed by atoms with van der Waals surface area (Å²) >= 11 is 0. The molecular weight excluding hydrogens is 498 g/mol. The second-order valence-corrected chi connectivity index (χ2v) is 17.8. The standard InChI is InChI=1S/C34H56N2P2/c1-31(2,3)26-14-28(33-16-21-11-22(17-33)13-23(12-21)30(33)20-37)29(15-27(26)32(4,5)6)34(38,24-7-9-35-18-24)25-8-10-36-19-25/h14-15,21-25,30,35-36H,7-13,16-20,37-38H2,1-6H3. The molecule has 2 aliphatic heterocycles. The van der Waals surface area contributed by atoms with Gasteiger partial charge < -0.3 is 10.6 Å². The second kappa shape index (κ2) is 9.79. The summed E-state index contributed by atoms with van der Waals surface area (Å²) in [5.41, 5.74) is 7.39. The number of nitrogens with one attached hydrogen (secondary N) is 2. The predicted molar refractivity (Wildman–Crippen MR) is 170 cm³/mol. The lowest BCUT2D eigenvalue weighted by Gasteiger charge is -2.63. The van der Waals surface area contributed by atoms with E-state index in [1.807, 2.05) is 0 Å². The Morgan fingerprint density at radius 1 is 0.789 bits per heavy atom. The molecule has 38 heavy (non-hydrogen) atoms. The fourth-order valence-corrected chi connectivity index (χ4v) is 12.1. The first-order valence-corrected chi connectivity index (χ1v) is 17.4. The number of hydrogen-bond donors (Lipinski definition) is 2. The summed E-state index contributed by atoms with van der Waals surface area (Å²) in [5, 5.41) is 7.71. The van der Waals surface area contributed by atoms with Crippen molar-refractivity contribution in [1.82, 2.24) is 10.6 Å². The minimum Gasteiger partial charge on any atom is -0.316 e. The number of rotatable bonds is 5. The van der Waals surface area contributed by atoms with E-state index in [1.54, 1.807) is 22.3 Å². The molecule has 6 aliphatic rings. The zero-order valence-corrected chi connectivity index (χ0v) is 27.6. The molecular formula is C34H56N2P2. The summed E-state index contributed by atoms with van der Waals surface area (Å²) < 4.78 is 0. The Morgan fingerprint density at radius 3 is 1.76 bits per heavy atom. The summed E-state index contributed by atoms with van der Waals surface area (Å²) in [5.74, 6) is 5.04. The lowest BCUT2D eigenvalue weighted by Crippen LogP contribution is -2.57. The average Bonchev–Trinajstić information content (AvgIpc) is 3.56. The normalized spacial score (nSPS) is 38.6. The second-order valence-electron chi connectivity index (χ2n) is 16.4. The lowest BCUT2D eigenvalue weighted by molar-refractivity contribution is -0.0526. The Kier molecular flexibility index (Phi) is 7.25. The van der Waals surface area contributed by atoms with Gasteiger partial charge in [-0.15, -0.1) is 18.5 Å². The highest BCUT2D eigenvalue weighted by Crippen LogP contribution is 2.66. The van der Waals surface area contributed by atoms with E-state index in [-0.39, 0.29) is 16.0 Å². The summed E-state index contributed by atoms with van der Waals surface area (Å²) in [7, 11) is 6.84. The molecule has 0 spiro atoms. The SMILES string of the molecule is CC(C)(C)c1cc(C23CC4CC(CC(C4)C2CP)C3)c(C(P)(C2CCNC2)C2CCNC2)cc1C(C)(C)C. The quantitative estimate of drug-likeness (QED) is 0.378. The van der Waals surface area contributed by atoms with Crippen LogP contribution < -0.4 is 10.6 Å². The van der Waals surface area contributed by atoms with Crippen molar-refractivity contribution in [3.8, 4) is 0 Å². The van der Waals surface area contributed by atoms with Crippen molar-refractivity contribution >= 4 is 18.5 Å². The summed E-state index contributed by atoms with van der Waals surface area (Å²) in [6.07, 6.45) is 11.3. The maximum Gasteiger partial charge on any atom is 0.0182 e. The maximum atomic E-state index is 3.79. The maximum absolute atomic E-state index is 3.79. The Labute approximate surface area is 238 Å². The third-order valence-electron chi connectivity index (χ3n) is 12.0. The van der Waals surface area contributed by atoms with Gasteiger partial charge in [-0.3, -0.25) is 0 Å². The fraction of sp³-hybridized carbons (Fsp3) is 0.824. The molecule has 2 heterocycles. The summed E-state index contributed by atoms with van der Waals surface area (Å²) in [6.45, 7) is 19.4. The molecule has 4 heteroatoms. The first-order valence-electron chi connectivity index (χ1n) is 16.0. The van der Waals surface area contributed by atoms with Crippen LogP contribution in [0.15, 0.2) is 12.1 Å². The van der Waals surface area contributed by atoms with Crippen LogP contribution in [0, 0.1) is 35.5 Å². The van der Waals surface area contributed by atoms with Gasteiger partial charge in [-0.05, 0) is 151 Å². The van der Waals surface area contributed by atoms with Gasteiger partial charge in [-0.2, -0.15) is 0 Å². The third-order valence-corrected chi connectivity index (χ3v) is 13.8. The first kappa shape index (κ1) is 28.1. The van der Waals surface area contributed by atoms with Gasteiger partial charge in [-0.25, -0.2) is 0 Å². The average molecular weight is 555 g/mol. The predicted octanol–water partition coefficient (Wildman–Crippen LogP) is 7.14. The van der Waals surface area contributed by atoms with Crippen LogP contribution >= 0.6 is 18.5 Å². The number of hydrogen-bond acceptors (Lipinski definition) is 2. The number of benzene rings is 1. The van der Waals surface area contributed by atoms with Crippen LogP contribution in [0.4, 0.5) is 0 Å². The summed E-state index contributed by atoms with van der Waals surface area (Å²) in [6, 6.07) is 5.64. The van der Waals surface area contributed by atoms with Gasteiger partial charge in [0.15, 0.2) is 0 Å². The van der Waals surface area contributed by atoms with E-state index < -0.39 is 0 Å². The van der Waals surface area contributed by atoms with E-state index >= 15 is 0 Å². The van der Waals surface area contributed by atoms with E-state index in [0.29, 0.717) is 17.3 Å². The molecule has 2 nitrogen and oxygen atoms in total. The molecule has 7 unspecified atom stereocenters. The van der Waals surface area contributed by atoms with Crippen molar-refractivity contribution in [1.29, 1.82) is 0 Å². The van der Waals surface area contributed by atoms with Crippen LogP contribution in [0.25, 0.3) is 0 Å². The molecule has 6 fully saturated rings. The molecule has 2 saturated heterocycles. The van der Waals surface area contributed by atoms with E-state index in [1.165, 1.54) is 77.3 Å². The lowest BCUT2D eigenvalue weighted by atomic mass is 9.43. The van der Waals surface area contributed by atoms with Crippen LogP contribution in [-0.2, 0) is 21.4 Å². The molecule has 4 saturated carbocycles. The van der Waals surface area contributed by atoms with Crippen molar-refractivity contribution in [3.63, 3.8) is 0 Å². The highest BCUT2D eigenvalue weighted by molar-refractivity contribution is 7.18. The molecule has 0 aromatic heterocycles. The zero-order valence-electron chi connectivity index (χ0n) is 25.3. The van der Waals surface area contributed by atoms with Gasteiger partial charge in [0.25, 0.3) is 0 Å². The smallest absolute Gasteiger partial charge is 0.0182 e. The van der Waals surface area contributed by atoms with E-state index in [9.17, 15) is 0 Å². The minimum absolute atomic E-state index is 0.130. The molecule has 1 aromatic carbocycles. The molecule has 0 radical (unpaired) electrons. The van der Waals surface area contributed by atoms with Crippen molar-refractivity contribution < 1.29 is 0 Å². The summed E-state index contributed by atoms with van der Waals surface area (Å²) in [4.78, 5) is 0. The third kappa shape index (κ3) is 4.41. The van der Waals surface area contributed by atoms with Gasteiger partial charge in [0.05, 0.1) is 0 Å². The van der Waals surface area contributed by atoms with Crippen molar-refractivity contribution in [3.05, 3.63) is 34.4 Å². The van der Waals surface area contributed by atoms with E-state index in [4.69, 9.17) is 0 Å². The minimum atomic E-state index is 0.130. The van der Waals surface area contributed by atoms with Crippen LogP contribution in [-0.4, -0.2) is 32.3 Å². The van der Waals surface area contributed by atoms with Gasteiger partial charge in [0.2, 0.25) is 0 Å². The molecule has 7 rings (SSSR count). The Hall–Kier alpha value is 0. The van der Waals surface area contributed by atoms with Crippen LogP contribution in [0.2, 0.25) is 0 Å². The van der Waals surface area contributed by atoms with Crippen molar-refractivity contribution in [2.45, 2.75) is 108 Å². The molecule has 0 amide bonds. The Balaban J connectivity index is 1.65. The monoisotopic (exact) mass is 554 g/mol. The molecule has 4 bridgehead atoms. The molecule has 7 atom stereocenters.